The molecule has 0 saturated heterocycles. The Morgan fingerprint density at radius 3 is 2.24 bits per heavy atom. The van der Waals surface area contributed by atoms with Crippen LogP contribution in [0.25, 0.3) is 16.5 Å². The molecular formula is C25H22O7S. The number of carbonyl (C=O) groups excluding carboxylic acids is 1. The van der Waals surface area contributed by atoms with Gasteiger partial charge in [-0.1, -0.05) is 30.4 Å². The Labute approximate surface area is 195 Å². The van der Waals surface area contributed by atoms with Crippen molar-refractivity contribution in [1.29, 1.82) is 0 Å². The van der Waals surface area contributed by atoms with Crippen LogP contribution in [0.2, 0.25) is 0 Å². The minimum Gasteiger partial charge on any atom is -0.502 e. The molecule has 1 aliphatic carbocycles. The molecule has 33 heavy (non-hydrogen) atoms. The van der Waals surface area contributed by atoms with E-state index in [2.05, 4.69) is 0 Å². The summed E-state index contributed by atoms with van der Waals surface area (Å²) in [4.78, 5) is 14.5. The molecule has 0 amide bonds. The highest BCUT2D eigenvalue weighted by Gasteiger charge is 2.29. The van der Waals surface area contributed by atoms with Gasteiger partial charge in [0.05, 0.1) is 34.0 Å². The second kappa shape index (κ2) is 8.99. The molecular weight excluding hydrogens is 444 g/mol. The zero-order valence-corrected chi connectivity index (χ0v) is 19.4. The third kappa shape index (κ3) is 3.72. The number of methoxy groups -OCH3 is 4. The summed E-state index contributed by atoms with van der Waals surface area (Å²) in [5.41, 5.74) is 1.30. The molecule has 0 unspecified atom stereocenters. The highest BCUT2D eigenvalue weighted by atomic mass is 32.1. The van der Waals surface area contributed by atoms with E-state index in [1.54, 1.807) is 30.3 Å². The quantitative estimate of drug-likeness (QED) is 0.379. The van der Waals surface area contributed by atoms with Crippen LogP contribution in [-0.4, -0.2) is 44.2 Å². The highest BCUT2D eigenvalue weighted by Crippen LogP contribution is 2.44. The molecule has 2 aromatic carbocycles. The van der Waals surface area contributed by atoms with Crippen LogP contribution in [0.4, 0.5) is 0 Å². The number of allylic oxidation sites excluding steroid dienone is 4. The minimum absolute atomic E-state index is 0.137. The number of hydrogen-bond acceptors (Lipinski definition) is 8. The number of thiocarbonyl (C=S) groups is 1. The maximum absolute atomic E-state index is 13.9. The first-order valence-corrected chi connectivity index (χ1v) is 10.4. The van der Waals surface area contributed by atoms with Crippen LogP contribution in [0.1, 0.15) is 28.1 Å². The number of furan rings is 1. The van der Waals surface area contributed by atoms with Crippen molar-refractivity contribution in [1.82, 2.24) is 0 Å². The van der Waals surface area contributed by atoms with Gasteiger partial charge in [-0.05, 0) is 24.3 Å². The van der Waals surface area contributed by atoms with E-state index in [1.165, 1.54) is 28.4 Å². The molecule has 0 bridgehead atoms. The van der Waals surface area contributed by atoms with Crippen molar-refractivity contribution in [3.8, 4) is 28.7 Å². The molecule has 1 aliphatic rings. The average molecular weight is 467 g/mol. The number of fused-ring (bicyclic) bond motifs is 1. The molecule has 0 radical (unpaired) electrons. The van der Waals surface area contributed by atoms with Crippen LogP contribution in [0.15, 0.2) is 46.9 Å². The zero-order valence-electron chi connectivity index (χ0n) is 18.6. The summed E-state index contributed by atoms with van der Waals surface area (Å²) in [6.07, 6.45) is 6.12. The molecule has 0 fully saturated rings. The van der Waals surface area contributed by atoms with E-state index in [9.17, 15) is 9.90 Å². The fourth-order valence-electron chi connectivity index (χ4n) is 3.81. The number of phenolic OH excluding ortho intramolecular Hbond substituents is 1. The first kappa shape index (κ1) is 22.4. The van der Waals surface area contributed by atoms with Crippen LogP contribution in [0.3, 0.4) is 0 Å². The third-order valence-electron chi connectivity index (χ3n) is 5.42. The van der Waals surface area contributed by atoms with E-state index in [1.807, 2.05) is 12.2 Å². The molecule has 8 heteroatoms. The van der Waals surface area contributed by atoms with Gasteiger partial charge in [-0.2, -0.15) is 0 Å². The van der Waals surface area contributed by atoms with Gasteiger partial charge in [0.1, 0.15) is 5.76 Å². The van der Waals surface area contributed by atoms with Gasteiger partial charge in [-0.15, -0.1) is 0 Å². The average Bonchev–Trinajstić information content (AvgIpc) is 3.23. The molecule has 3 aromatic rings. The standard InChI is InChI=1S/C25H22O7S/c1-28-16-10-9-15-20(21(26)13-11-17(29-2)25(31-4)18(12-13)30-3)23(32-24(15)22(16)27)14-7-5-6-8-19(14)33/h5-7,9-12,27H,8H2,1-4H3. The van der Waals surface area contributed by atoms with Crippen LogP contribution in [0.5, 0.6) is 28.7 Å². The molecule has 4 rings (SSSR count). The SMILES string of the molecule is COc1cc(C(=O)c2c(C3=CC=CCC3=S)oc3c(O)c(OC)ccc23)cc(OC)c1OC. The summed E-state index contributed by atoms with van der Waals surface area (Å²) in [7, 11) is 5.89. The predicted octanol–water partition coefficient (Wildman–Crippen LogP) is 5.12. The first-order chi connectivity index (χ1) is 15.9. The van der Waals surface area contributed by atoms with Gasteiger partial charge >= 0.3 is 0 Å². The second-order valence-electron chi connectivity index (χ2n) is 7.18. The van der Waals surface area contributed by atoms with E-state index in [-0.39, 0.29) is 34.2 Å². The maximum atomic E-state index is 13.9. The Morgan fingerprint density at radius 1 is 1.00 bits per heavy atom. The van der Waals surface area contributed by atoms with E-state index in [0.717, 1.165) is 0 Å². The lowest BCUT2D eigenvalue weighted by atomic mass is 9.93. The number of benzene rings is 2. The summed E-state index contributed by atoms with van der Waals surface area (Å²) in [6.45, 7) is 0. The Morgan fingerprint density at radius 2 is 1.67 bits per heavy atom. The lowest BCUT2D eigenvalue weighted by Gasteiger charge is -2.14. The Hall–Kier alpha value is -3.78. The van der Waals surface area contributed by atoms with Crippen molar-refractivity contribution >= 4 is 39.4 Å². The molecule has 170 valence electrons. The largest absolute Gasteiger partial charge is 0.502 e. The number of aromatic hydroxyl groups is 1. The number of rotatable bonds is 7. The first-order valence-electron chi connectivity index (χ1n) is 10.0. The van der Waals surface area contributed by atoms with Crippen molar-refractivity contribution in [3.63, 3.8) is 0 Å². The van der Waals surface area contributed by atoms with E-state index in [4.69, 9.17) is 35.6 Å². The number of hydrogen-bond donors (Lipinski definition) is 1. The van der Waals surface area contributed by atoms with Crippen LogP contribution in [0, 0.1) is 0 Å². The molecule has 0 saturated carbocycles. The molecule has 1 heterocycles. The molecule has 0 spiro atoms. The van der Waals surface area contributed by atoms with Crippen LogP contribution in [-0.2, 0) is 0 Å². The smallest absolute Gasteiger partial charge is 0.203 e. The fraction of sp³-hybridized carbons (Fsp3) is 0.200. The monoisotopic (exact) mass is 466 g/mol. The Bertz CT molecular complexity index is 1310. The normalized spacial score (nSPS) is 13.1. The third-order valence-corrected chi connectivity index (χ3v) is 5.80. The number of ether oxygens (including phenoxy) is 4. The van der Waals surface area contributed by atoms with Gasteiger partial charge in [0.15, 0.2) is 28.6 Å². The number of carbonyl (C=O) groups is 1. The van der Waals surface area contributed by atoms with E-state index < -0.39 is 0 Å². The lowest BCUT2D eigenvalue weighted by molar-refractivity contribution is 0.103. The summed E-state index contributed by atoms with van der Waals surface area (Å²) in [6, 6.07) is 6.40. The van der Waals surface area contributed by atoms with E-state index >= 15 is 0 Å². The van der Waals surface area contributed by atoms with Crippen molar-refractivity contribution in [2.24, 2.45) is 0 Å². The number of phenols is 1. The topological polar surface area (TPSA) is 87.4 Å². The van der Waals surface area contributed by atoms with Crippen molar-refractivity contribution in [2.45, 2.75) is 6.42 Å². The van der Waals surface area contributed by atoms with Gasteiger partial charge in [0.2, 0.25) is 11.5 Å². The fourth-order valence-corrected chi connectivity index (χ4v) is 4.07. The number of ketones is 1. The Kier molecular flexibility index (Phi) is 6.11. The van der Waals surface area contributed by atoms with Crippen molar-refractivity contribution < 1.29 is 33.3 Å². The zero-order chi connectivity index (χ0) is 23.7. The predicted molar refractivity (Wildman–Crippen MR) is 128 cm³/mol. The second-order valence-corrected chi connectivity index (χ2v) is 7.67. The molecule has 0 atom stereocenters. The summed E-state index contributed by atoms with van der Waals surface area (Å²) in [5, 5.41) is 11.1. The lowest BCUT2D eigenvalue weighted by Crippen LogP contribution is -2.08. The van der Waals surface area contributed by atoms with Crippen molar-refractivity contribution in [3.05, 3.63) is 59.4 Å². The van der Waals surface area contributed by atoms with Crippen LogP contribution >= 0.6 is 12.2 Å². The van der Waals surface area contributed by atoms with Gasteiger partial charge < -0.3 is 28.5 Å². The molecule has 7 nitrogen and oxygen atoms in total. The molecule has 1 N–H and O–H groups in total. The van der Waals surface area contributed by atoms with Gasteiger partial charge in [-0.3, -0.25) is 4.79 Å². The Balaban J connectivity index is 2.00. The summed E-state index contributed by atoms with van der Waals surface area (Å²) in [5.74, 6) is 1.02. The summed E-state index contributed by atoms with van der Waals surface area (Å²) >= 11 is 5.54. The molecule has 0 aliphatic heterocycles. The summed E-state index contributed by atoms with van der Waals surface area (Å²) < 4.78 is 27.4. The van der Waals surface area contributed by atoms with Gasteiger partial charge in [0.25, 0.3) is 0 Å². The van der Waals surface area contributed by atoms with Crippen LogP contribution < -0.4 is 18.9 Å². The van der Waals surface area contributed by atoms with E-state index in [0.29, 0.717) is 45.1 Å². The maximum Gasteiger partial charge on any atom is 0.203 e. The van der Waals surface area contributed by atoms with Crippen molar-refractivity contribution in [2.75, 3.05) is 28.4 Å². The highest BCUT2D eigenvalue weighted by molar-refractivity contribution is 7.81. The van der Waals surface area contributed by atoms with Gasteiger partial charge in [0, 0.05) is 27.8 Å². The molecule has 1 aromatic heterocycles. The van der Waals surface area contributed by atoms with Gasteiger partial charge in [-0.25, -0.2) is 0 Å². The minimum atomic E-state index is -0.356.